The van der Waals surface area contributed by atoms with Crippen LogP contribution >= 0.6 is 0 Å². The van der Waals surface area contributed by atoms with Crippen LogP contribution in [0.3, 0.4) is 0 Å². The normalized spacial score (nSPS) is 27.0. The van der Waals surface area contributed by atoms with Gasteiger partial charge in [-0.1, -0.05) is 0 Å². The van der Waals surface area contributed by atoms with Crippen LogP contribution in [0.2, 0.25) is 0 Å². The van der Waals surface area contributed by atoms with E-state index in [4.69, 9.17) is 4.74 Å². The molecule has 0 aromatic heterocycles. The summed E-state index contributed by atoms with van der Waals surface area (Å²) in [6.07, 6.45) is 2.52. The van der Waals surface area contributed by atoms with Gasteiger partial charge in [0, 0.05) is 25.3 Å². The second-order valence-corrected chi connectivity index (χ2v) is 6.44. The van der Waals surface area contributed by atoms with Crippen LogP contribution in [0.5, 0.6) is 0 Å². The number of hydrogen-bond acceptors (Lipinski definition) is 4. The predicted octanol–water partition coefficient (Wildman–Crippen LogP) is 1.40. The molecular formula is C17H21FN2O3. The Balaban J connectivity index is 1.73. The molecule has 1 aromatic rings. The number of methoxy groups -OCH3 is 1. The highest BCUT2D eigenvalue weighted by Crippen LogP contribution is 2.31. The van der Waals surface area contributed by atoms with Crippen molar-refractivity contribution in [1.82, 2.24) is 4.90 Å². The molecule has 1 aliphatic heterocycles. The highest BCUT2D eigenvalue weighted by molar-refractivity contribution is 5.95. The molecule has 124 valence electrons. The van der Waals surface area contributed by atoms with Gasteiger partial charge in [-0.3, -0.25) is 9.69 Å². The van der Waals surface area contributed by atoms with E-state index in [-0.39, 0.29) is 29.8 Å². The third kappa shape index (κ3) is 3.14. The minimum atomic E-state index is -0.350. The first-order valence-corrected chi connectivity index (χ1v) is 7.82. The van der Waals surface area contributed by atoms with Crippen molar-refractivity contribution in [3.05, 3.63) is 29.1 Å². The maximum atomic E-state index is 14.2. The Morgan fingerprint density at radius 1 is 1.43 bits per heavy atom. The first-order chi connectivity index (χ1) is 11.0. The second kappa shape index (κ2) is 6.37. The number of nitrogens with one attached hydrogen (secondary N) is 1. The Hall–Kier alpha value is -1.79. The van der Waals surface area contributed by atoms with Crippen molar-refractivity contribution in [2.24, 2.45) is 5.92 Å². The fourth-order valence-corrected chi connectivity index (χ4v) is 3.54. The maximum Gasteiger partial charge on any atom is 0.241 e. The number of anilines is 1. The van der Waals surface area contributed by atoms with Gasteiger partial charge in [-0.05, 0) is 49.6 Å². The van der Waals surface area contributed by atoms with Crippen LogP contribution in [0.1, 0.15) is 17.5 Å². The average molecular weight is 320 g/mol. The second-order valence-electron chi connectivity index (χ2n) is 6.44. The van der Waals surface area contributed by atoms with E-state index in [1.165, 1.54) is 6.07 Å². The molecular weight excluding hydrogens is 299 g/mol. The largest absolute Gasteiger partial charge is 0.380 e. The number of fused-ring (bicyclic) bond motifs is 1. The van der Waals surface area contributed by atoms with Crippen molar-refractivity contribution in [1.29, 1.82) is 0 Å². The number of carbonyl (C=O) groups excluding carboxylic acids is 2. The fourth-order valence-electron chi connectivity index (χ4n) is 3.54. The summed E-state index contributed by atoms with van der Waals surface area (Å²) in [7, 11) is 3.51. The highest BCUT2D eigenvalue weighted by atomic mass is 19.1. The molecule has 3 rings (SSSR count). The van der Waals surface area contributed by atoms with Crippen molar-refractivity contribution < 1.29 is 18.7 Å². The molecule has 5 nitrogen and oxygen atoms in total. The zero-order valence-electron chi connectivity index (χ0n) is 13.3. The number of carbonyl (C=O) groups is 2. The van der Waals surface area contributed by atoms with Gasteiger partial charge < -0.3 is 14.8 Å². The summed E-state index contributed by atoms with van der Waals surface area (Å²) in [5, 5.41) is 2.80. The molecule has 1 amide bonds. The highest BCUT2D eigenvalue weighted by Gasteiger charge is 2.34. The van der Waals surface area contributed by atoms with Crippen LogP contribution in [0, 0.1) is 11.7 Å². The summed E-state index contributed by atoms with van der Waals surface area (Å²) in [5.41, 5.74) is 1.86. The summed E-state index contributed by atoms with van der Waals surface area (Å²) in [6.45, 7) is 0.703. The topological polar surface area (TPSA) is 58.6 Å². The Morgan fingerprint density at radius 2 is 2.22 bits per heavy atom. The van der Waals surface area contributed by atoms with Gasteiger partial charge in [-0.15, -0.1) is 0 Å². The third-order valence-corrected chi connectivity index (χ3v) is 4.84. The van der Waals surface area contributed by atoms with Gasteiger partial charge in [0.15, 0.2) is 0 Å². The third-order valence-electron chi connectivity index (χ3n) is 4.84. The van der Waals surface area contributed by atoms with E-state index in [1.54, 1.807) is 13.2 Å². The molecule has 3 atom stereocenters. The van der Waals surface area contributed by atoms with Crippen molar-refractivity contribution >= 4 is 17.9 Å². The molecule has 2 aliphatic rings. The number of hydrogen-bond donors (Lipinski definition) is 1. The SMILES string of the molecule is CO[C@@H]1C[C@@H](C(=O)Nc2cc(F)c3c(c2)CC(C=O)C3)N(C)C1. The first kappa shape index (κ1) is 16.1. The van der Waals surface area contributed by atoms with E-state index in [0.29, 0.717) is 37.1 Å². The van der Waals surface area contributed by atoms with E-state index in [9.17, 15) is 14.0 Å². The number of likely N-dealkylation sites (N-methyl/N-ethyl adjacent to an activating group) is 1. The quantitative estimate of drug-likeness (QED) is 0.852. The van der Waals surface area contributed by atoms with Crippen LogP contribution in [-0.2, 0) is 27.2 Å². The Bertz CT molecular complexity index is 635. The number of amides is 1. The molecule has 0 saturated carbocycles. The summed E-state index contributed by atoms with van der Waals surface area (Å²) >= 11 is 0. The van der Waals surface area contributed by atoms with Crippen molar-refractivity contribution in [2.75, 3.05) is 26.0 Å². The van der Waals surface area contributed by atoms with E-state index in [0.717, 1.165) is 11.8 Å². The van der Waals surface area contributed by atoms with Gasteiger partial charge in [0.25, 0.3) is 0 Å². The molecule has 1 heterocycles. The number of halogens is 1. The number of aldehydes is 1. The monoisotopic (exact) mass is 320 g/mol. The Labute approximate surface area is 134 Å². The first-order valence-electron chi connectivity index (χ1n) is 7.82. The summed E-state index contributed by atoms with van der Waals surface area (Å²) in [4.78, 5) is 25.3. The minimum Gasteiger partial charge on any atom is -0.380 e. The average Bonchev–Trinajstić information content (AvgIpc) is 3.10. The molecule has 1 aromatic carbocycles. The van der Waals surface area contributed by atoms with Gasteiger partial charge in [0.05, 0.1) is 12.1 Å². The van der Waals surface area contributed by atoms with Crippen molar-refractivity contribution in [2.45, 2.75) is 31.4 Å². The molecule has 0 bridgehead atoms. The number of benzene rings is 1. The molecule has 0 radical (unpaired) electrons. The number of ether oxygens (including phenoxy) is 1. The Kier molecular flexibility index (Phi) is 4.46. The lowest BCUT2D eigenvalue weighted by Crippen LogP contribution is -2.37. The van der Waals surface area contributed by atoms with Crippen molar-refractivity contribution in [3.63, 3.8) is 0 Å². The van der Waals surface area contributed by atoms with Crippen LogP contribution < -0.4 is 5.32 Å². The van der Waals surface area contributed by atoms with Gasteiger partial charge in [-0.25, -0.2) is 4.39 Å². The summed E-state index contributed by atoms with van der Waals surface area (Å²) < 4.78 is 19.5. The van der Waals surface area contributed by atoms with Crippen LogP contribution in [0.15, 0.2) is 12.1 Å². The number of likely N-dealkylation sites (tertiary alicyclic amines) is 1. The van der Waals surface area contributed by atoms with Gasteiger partial charge in [-0.2, -0.15) is 0 Å². The lowest BCUT2D eigenvalue weighted by molar-refractivity contribution is -0.120. The van der Waals surface area contributed by atoms with Gasteiger partial charge >= 0.3 is 0 Å². The lowest BCUT2D eigenvalue weighted by atomic mass is 10.1. The standard InChI is InChI=1S/C17H21FN2O3/c1-20-8-13(23-2)7-16(20)17(22)19-12-5-11-3-10(9-21)4-14(11)15(18)6-12/h5-6,9-10,13,16H,3-4,7-8H2,1-2H3,(H,19,22)/t10?,13-,16+/m1/s1. The van der Waals surface area contributed by atoms with Crippen LogP contribution in [-0.4, -0.2) is 49.9 Å². The number of nitrogens with zero attached hydrogens (tertiary/aromatic N) is 1. The van der Waals surface area contributed by atoms with Crippen LogP contribution in [0.25, 0.3) is 0 Å². The van der Waals surface area contributed by atoms with Gasteiger partial charge in [0.2, 0.25) is 5.91 Å². The van der Waals surface area contributed by atoms with Crippen LogP contribution in [0.4, 0.5) is 10.1 Å². The van der Waals surface area contributed by atoms with E-state index in [1.807, 2.05) is 11.9 Å². The summed E-state index contributed by atoms with van der Waals surface area (Å²) in [5.74, 6) is -0.665. The molecule has 1 saturated heterocycles. The van der Waals surface area contributed by atoms with Crippen molar-refractivity contribution in [3.8, 4) is 0 Å². The number of rotatable bonds is 4. The van der Waals surface area contributed by atoms with E-state index >= 15 is 0 Å². The zero-order chi connectivity index (χ0) is 16.6. The fraction of sp³-hybridized carbons (Fsp3) is 0.529. The smallest absolute Gasteiger partial charge is 0.241 e. The predicted molar refractivity (Wildman–Crippen MR) is 83.8 cm³/mol. The maximum absolute atomic E-state index is 14.2. The molecule has 6 heteroatoms. The molecule has 1 N–H and O–H groups in total. The molecule has 1 aliphatic carbocycles. The molecule has 1 unspecified atom stereocenters. The van der Waals surface area contributed by atoms with E-state index in [2.05, 4.69) is 5.32 Å². The summed E-state index contributed by atoms with van der Waals surface area (Å²) in [6, 6.07) is 2.84. The van der Waals surface area contributed by atoms with Gasteiger partial charge in [0.1, 0.15) is 12.1 Å². The molecule has 1 fully saturated rings. The molecule has 23 heavy (non-hydrogen) atoms. The Morgan fingerprint density at radius 3 is 2.87 bits per heavy atom. The van der Waals surface area contributed by atoms with E-state index < -0.39 is 0 Å². The molecule has 0 spiro atoms. The zero-order valence-corrected chi connectivity index (χ0v) is 13.3. The minimum absolute atomic E-state index is 0.0425. The lowest BCUT2D eigenvalue weighted by Gasteiger charge is -2.18.